The Labute approximate surface area is 129 Å². The smallest absolute Gasteiger partial charge is 0.340 e. The van der Waals surface area contributed by atoms with E-state index in [9.17, 15) is 4.79 Å². The molecule has 0 atom stereocenters. The molecule has 0 fully saturated rings. The molecule has 3 nitrogen and oxygen atoms in total. The van der Waals surface area contributed by atoms with Crippen LogP contribution < -0.4 is 0 Å². The number of ether oxygens (including phenoxy) is 1. The number of aryl methyl sites for hydroxylation is 1. The predicted octanol–water partition coefficient (Wildman–Crippen LogP) is 4.10. The summed E-state index contributed by atoms with van der Waals surface area (Å²) in [6.45, 7) is 6.25. The summed E-state index contributed by atoms with van der Waals surface area (Å²) in [5.74, 6) is -0.341. The van der Waals surface area contributed by atoms with E-state index in [2.05, 4.69) is 25.6 Å². The van der Waals surface area contributed by atoms with Gasteiger partial charge in [-0.25, -0.2) is 4.79 Å². The fraction of sp³-hybridized carbons (Fsp3) is 0.105. The highest BCUT2D eigenvalue weighted by atomic mass is 16.5. The van der Waals surface area contributed by atoms with Gasteiger partial charge in [0.2, 0.25) is 0 Å². The lowest BCUT2D eigenvalue weighted by Gasteiger charge is -2.07. The van der Waals surface area contributed by atoms with Gasteiger partial charge in [0.1, 0.15) is 0 Å². The maximum Gasteiger partial charge on any atom is 0.340 e. The number of hydrogen-bond donors (Lipinski definition) is 0. The van der Waals surface area contributed by atoms with E-state index in [1.807, 2.05) is 47.0 Å². The normalized spacial score (nSPS) is 10.6. The van der Waals surface area contributed by atoms with Crippen molar-refractivity contribution in [3.05, 3.63) is 83.7 Å². The minimum absolute atomic E-state index is 0.341. The summed E-state index contributed by atoms with van der Waals surface area (Å²) >= 11 is 0. The summed E-state index contributed by atoms with van der Waals surface area (Å²) in [6, 6.07) is 15.8. The number of nitrogens with zero attached hydrogens (tertiary/aromatic N) is 1. The Kier molecular flexibility index (Phi) is 3.55. The quantitative estimate of drug-likeness (QED) is 0.680. The largest absolute Gasteiger partial charge is 0.465 e. The molecule has 0 N–H and O–H groups in total. The highest BCUT2D eigenvalue weighted by Gasteiger charge is 2.17. The molecule has 3 heteroatoms. The van der Waals surface area contributed by atoms with Crippen molar-refractivity contribution in [2.45, 2.75) is 6.92 Å². The molecular weight excluding hydrogens is 274 g/mol. The minimum atomic E-state index is -0.341. The first-order valence-electron chi connectivity index (χ1n) is 7.06. The predicted molar refractivity (Wildman–Crippen MR) is 88.1 cm³/mol. The Morgan fingerprint density at radius 3 is 2.55 bits per heavy atom. The molecule has 2 aromatic heterocycles. The van der Waals surface area contributed by atoms with E-state index >= 15 is 0 Å². The third kappa shape index (κ3) is 2.31. The van der Waals surface area contributed by atoms with Gasteiger partial charge in [-0.2, -0.15) is 0 Å². The number of rotatable bonds is 3. The van der Waals surface area contributed by atoms with E-state index in [0.29, 0.717) is 5.56 Å². The molecular formula is C19H17NO2. The van der Waals surface area contributed by atoms with Gasteiger partial charge in [0.25, 0.3) is 0 Å². The summed E-state index contributed by atoms with van der Waals surface area (Å²) in [7, 11) is 1.39. The van der Waals surface area contributed by atoms with E-state index in [1.54, 1.807) is 0 Å². The maximum atomic E-state index is 12.0. The molecule has 0 amide bonds. The molecule has 0 spiro atoms. The third-order valence-electron chi connectivity index (χ3n) is 3.79. The van der Waals surface area contributed by atoms with Crippen molar-refractivity contribution in [1.29, 1.82) is 0 Å². The fourth-order valence-electron chi connectivity index (χ4n) is 2.56. The first-order valence-corrected chi connectivity index (χ1v) is 7.06. The van der Waals surface area contributed by atoms with E-state index in [0.717, 1.165) is 22.3 Å². The Balaban J connectivity index is 2.16. The Hall–Kier alpha value is -2.81. The average Bonchev–Trinajstić information content (AvgIpc) is 2.94. The van der Waals surface area contributed by atoms with Crippen LogP contribution in [0.4, 0.5) is 0 Å². The number of methoxy groups -OCH3 is 1. The Morgan fingerprint density at radius 1 is 1.14 bits per heavy atom. The average molecular weight is 291 g/mol. The lowest BCUT2D eigenvalue weighted by atomic mass is 10.0. The molecule has 0 saturated carbocycles. The number of hydrogen-bond acceptors (Lipinski definition) is 2. The van der Waals surface area contributed by atoms with Crippen molar-refractivity contribution in [2.24, 2.45) is 0 Å². The van der Waals surface area contributed by atoms with Crippen LogP contribution >= 0.6 is 0 Å². The summed E-state index contributed by atoms with van der Waals surface area (Å²) < 4.78 is 6.84. The first-order chi connectivity index (χ1) is 10.6. The summed E-state index contributed by atoms with van der Waals surface area (Å²) in [5, 5.41) is 0. The second kappa shape index (κ2) is 5.53. The van der Waals surface area contributed by atoms with Gasteiger partial charge < -0.3 is 9.14 Å². The number of aromatic nitrogens is 1. The van der Waals surface area contributed by atoms with E-state index in [1.165, 1.54) is 12.7 Å². The number of carbonyl (C=O) groups excluding carboxylic acids is 1. The molecule has 0 aliphatic rings. The lowest BCUT2D eigenvalue weighted by molar-refractivity contribution is 0.0603. The summed E-state index contributed by atoms with van der Waals surface area (Å²) in [4.78, 5) is 12.0. The number of esters is 1. The zero-order valence-corrected chi connectivity index (χ0v) is 12.7. The van der Waals surface area contributed by atoms with Crippen LogP contribution in [0.1, 0.15) is 27.2 Å². The Bertz CT molecular complexity index is 857. The van der Waals surface area contributed by atoms with Gasteiger partial charge in [-0.15, -0.1) is 0 Å². The fourth-order valence-corrected chi connectivity index (χ4v) is 2.56. The van der Waals surface area contributed by atoms with Crippen molar-refractivity contribution in [3.63, 3.8) is 0 Å². The van der Waals surface area contributed by atoms with Gasteiger partial charge in [0, 0.05) is 6.20 Å². The molecule has 0 aliphatic heterocycles. The summed E-state index contributed by atoms with van der Waals surface area (Å²) in [6.07, 6.45) is 1.93. The maximum absolute atomic E-state index is 12.0. The van der Waals surface area contributed by atoms with Gasteiger partial charge in [-0.1, -0.05) is 42.5 Å². The molecule has 3 aromatic rings. The van der Waals surface area contributed by atoms with Crippen LogP contribution in [0.25, 0.3) is 11.1 Å². The molecule has 0 saturated heterocycles. The zero-order valence-electron chi connectivity index (χ0n) is 12.7. The molecule has 0 bridgehead atoms. The number of benzene rings is 1. The van der Waals surface area contributed by atoms with Gasteiger partial charge in [-0.3, -0.25) is 0 Å². The van der Waals surface area contributed by atoms with E-state index in [4.69, 9.17) is 4.74 Å². The molecule has 110 valence electrons. The van der Waals surface area contributed by atoms with Crippen molar-refractivity contribution in [1.82, 2.24) is 4.40 Å². The van der Waals surface area contributed by atoms with Gasteiger partial charge in [0.15, 0.2) is 0 Å². The van der Waals surface area contributed by atoms with Gasteiger partial charge >= 0.3 is 5.97 Å². The highest BCUT2D eigenvalue weighted by Crippen LogP contribution is 2.27. The zero-order chi connectivity index (χ0) is 15.7. The molecule has 3 rings (SSSR count). The highest BCUT2D eigenvalue weighted by molar-refractivity contribution is 5.99. The minimum Gasteiger partial charge on any atom is -0.465 e. The summed E-state index contributed by atoms with van der Waals surface area (Å²) in [5.41, 5.74) is 5.36. The standard InChI is InChI=1S/C19H17NO2/c1-13-7-9-15(10-8-13)14(2)18-12-16(19(21)22-3)17-6-4-5-11-20(17)18/h4-12H,2H2,1,3H3. The van der Waals surface area contributed by atoms with Crippen molar-refractivity contribution < 1.29 is 9.53 Å². The van der Waals surface area contributed by atoms with Crippen molar-refractivity contribution in [2.75, 3.05) is 7.11 Å². The van der Waals surface area contributed by atoms with Crippen LogP contribution in [0.15, 0.2) is 61.3 Å². The molecule has 0 unspecified atom stereocenters. The van der Waals surface area contributed by atoms with Crippen LogP contribution in [-0.2, 0) is 4.74 Å². The monoisotopic (exact) mass is 291 g/mol. The molecule has 0 radical (unpaired) electrons. The van der Waals surface area contributed by atoms with Crippen LogP contribution in [0, 0.1) is 6.92 Å². The van der Waals surface area contributed by atoms with Crippen molar-refractivity contribution >= 4 is 17.1 Å². The van der Waals surface area contributed by atoms with Crippen LogP contribution in [0.5, 0.6) is 0 Å². The molecule has 2 heterocycles. The van der Waals surface area contributed by atoms with Crippen LogP contribution in [0.3, 0.4) is 0 Å². The molecule has 1 aromatic carbocycles. The third-order valence-corrected chi connectivity index (χ3v) is 3.79. The first kappa shape index (κ1) is 14.1. The number of pyridine rings is 1. The SMILES string of the molecule is C=C(c1ccc(C)cc1)c1cc(C(=O)OC)c2ccccn12. The molecule has 22 heavy (non-hydrogen) atoms. The topological polar surface area (TPSA) is 30.7 Å². The van der Waals surface area contributed by atoms with Gasteiger partial charge in [-0.05, 0) is 36.3 Å². The van der Waals surface area contributed by atoms with Gasteiger partial charge in [0.05, 0.1) is 23.9 Å². The lowest BCUT2D eigenvalue weighted by Crippen LogP contribution is -1.99. The van der Waals surface area contributed by atoms with Crippen molar-refractivity contribution in [3.8, 4) is 0 Å². The van der Waals surface area contributed by atoms with E-state index < -0.39 is 0 Å². The molecule has 0 aliphatic carbocycles. The Morgan fingerprint density at radius 2 is 1.86 bits per heavy atom. The van der Waals surface area contributed by atoms with Crippen LogP contribution in [0.2, 0.25) is 0 Å². The number of fused-ring (bicyclic) bond motifs is 1. The van der Waals surface area contributed by atoms with E-state index in [-0.39, 0.29) is 5.97 Å². The second-order valence-corrected chi connectivity index (χ2v) is 5.24. The van der Waals surface area contributed by atoms with Crippen LogP contribution in [-0.4, -0.2) is 17.5 Å². The number of carbonyl (C=O) groups is 1. The second-order valence-electron chi connectivity index (χ2n) is 5.24.